The third-order valence-electron chi connectivity index (χ3n) is 3.30. The van der Waals surface area contributed by atoms with E-state index in [4.69, 9.17) is 5.73 Å². The molecule has 106 valence electrons. The minimum atomic E-state index is -0.750. The largest absolute Gasteiger partial charge is 0.384 e. The number of nitriles is 2. The van der Waals surface area contributed by atoms with Crippen LogP contribution in [0.3, 0.4) is 0 Å². The van der Waals surface area contributed by atoms with Gasteiger partial charge < -0.3 is 10.7 Å². The summed E-state index contributed by atoms with van der Waals surface area (Å²) in [6.07, 6.45) is 0. The number of H-pyrrole nitrogens is 1. The Morgan fingerprint density at radius 1 is 1.18 bits per heavy atom. The molecule has 0 saturated carbocycles. The number of aromatic amines is 1. The number of fused-ring (bicyclic) bond motifs is 1. The van der Waals surface area contributed by atoms with Crippen molar-refractivity contribution in [3.05, 3.63) is 50.9 Å². The minimum absolute atomic E-state index is 0.0147. The minimum Gasteiger partial charge on any atom is -0.384 e. The van der Waals surface area contributed by atoms with Crippen LogP contribution in [0, 0.1) is 28.5 Å². The van der Waals surface area contributed by atoms with Crippen LogP contribution in [0.1, 0.15) is 11.1 Å². The van der Waals surface area contributed by atoms with Crippen LogP contribution in [-0.2, 0) is 0 Å². The molecule has 2 heterocycles. The van der Waals surface area contributed by atoms with E-state index in [0.717, 1.165) is 0 Å². The highest BCUT2D eigenvalue weighted by Crippen LogP contribution is 2.35. The molecule has 7 heteroatoms. The van der Waals surface area contributed by atoms with Crippen LogP contribution in [0.2, 0.25) is 0 Å². The molecule has 0 bridgehead atoms. The molecule has 3 rings (SSSR count). The summed E-state index contributed by atoms with van der Waals surface area (Å²) in [6.45, 7) is 0. The van der Waals surface area contributed by atoms with Crippen molar-refractivity contribution in [2.45, 2.75) is 0 Å². The fourth-order valence-electron chi connectivity index (χ4n) is 2.30. The summed E-state index contributed by atoms with van der Waals surface area (Å²) in [5.74, 6) is -0.766. The van der Waals surface area contributed by atoms with Gasteiger partial charge in [0.2, 0.25) is 0 Å². The smallest absolute Gasteiger partial charge is 0.268 e. The van der Waals surface area contributed by atoms with Gasteiger partial charge in [-0.2, -0.15) is 10.5 Å². The van der Waals surface area contributed by atoms with Crippen LogP contribution in [0.4, 0.5) is 10.2 Å². The van der Waals surface area contributed by atoms with Gasteiger partial charge in [0.1, 0.15) is 34.9 Å². The van der Waals surface area contributed by atoms with Gasteiger partial charge in [-0.25, -0.2) is 4.39 Å². The molecule has 0 aliphatic carbocycles. The average molecular weight is 310 g/mol. The number of nitrogens with two attached hydrogens (primary N) is 1. The van der Waals surface area contributed by atoms with Crippen LogP contribution in [0.15, 0.2) is 28.4 Å². The number of anilines is 1. The van der Waals surface area contributed by atoms with Gasteiger partial charge in [-0.05, 0) is 16.8 Å². The van der Waals surface area contributed by atoms with Gasteiger partial charge in [-0.3, -0.25) is 4.79 Å². The van der Waals surface area contributed by atoms with E-state index < -0.39 is 11.4 Å². The monoisotopic (exact) mass is 310 g/mol. The Kier molecular flexibility index (Phi) is 3.13. The number of thiophene rings is 1. The Bertz CT molecular complexity index is 1050. The van der Waals surface area contributed by atoms with E-state index in [1.165, 1.54) is 17.4 Å². The van der Waals surface area contributed by atoms with Crippen LogP contribution in [0.5, 0.6) is 0 Å². The van der Waals surface area contributed by atoms with Gasteiger partial charge in [0.15, 0.2) is 0 Å². The molecule has 22 heavy (non-hydrogen) atoms. The summed E-state index contributed by atoms with van der Waals surface area (Å²) in [5, 5.41) is 20.9. The van der Waals surface area contributed by atoms with Gasteiger partial charge in [-0.1, -0.05) is 12.1 Å². The second kappa shape index (κ2) is 4.99. The number of halogens is 1. The summed E-state index contributed by atoms with van der Waals surface area (Å²) < 4.78 is 15.1. The molecule has 2 aromatic heterocycles. The molecule has 0 radical (unpaired) electrons. The van der Waals surface area contributed by atoms with Crippen LogP contribution in [0.25, 0.3) is 21.2 Å². The van der Waals surface area contributed by atoms with Crippen LogP contribution < -0.4 is 11.3 Å². The highest BCUT2D eigenvalue weighted by Gasteiger charge is 2.21. The molecule has 3 aromatic rings. The molecule has 5 nitrogen and oxygen atoms in total. The second-order valence-corrected chi connectivity index (χ2v) is 5.40. The van der Waals surface area contributed by atoms with Crippen molar-refractivity contribution in [3.63, 3.8) is 0 Å². The van der Waals surface area contributed by atoms with E-state index in [1.54, 1.807) is 23.6 Å². The van der Waals surface area contributed by atoms with Crippen LogP contribution in [-0.4, -0.2) is 4.98 Å². The summed E-state index contributed by atoms with van der Waals surface area (Å²) in [6, 6.07) is 8.42. The molecule has 0 aliphatic rings. The predicted molar refractivity (Wildman–Crippen MR) is 81.7 cm³/mol. The summed E-state index contributed by atoms with van der Waals surface area (Å²) in [7, 11) is 0. The zero-order valence-electron chi connectivity index (χ0n) is 11.0. The summed E-state index contributed by atoms with van der Waals surface area (Å²) >= 11 is 1.20. The molecule has 0 fully saturated rings. The number of pyridine rings is 1. The fraction of sp³-hybridized carbons (Fsp3) is 0. The molecule has 0 amide bonds. The molecule has 0 saturated heterocycles. The lowest BCUT2D eigenvalue weighted by atomic mass is 9.95. The van der Waals surface area contributed by atoms with Crippen molar-refractivity contribution in [3.8, 4) is 23.3 Å². The number of benzene rings is 1. The Labute approximate surface area is 127 Å². The summed E-state index contributed by atoms with van der Waals surface area (Å²) in [5.41, 5.74) is 4.37. The standard InChI is InChI=1S/C15H7FN4OS/c16-12-8(2-1-7-3-4-22-13(7)12)11-9(5-17)14(19)20-15(21)10(11)6-18/h1-4H,(H3,19,20,21). The van der Waals surface area contributed by atoms with Crippen molar-refractivity contribution >= 4 is 27.2 Å². The number of nitrogens with one attached hydrogen (secondary N) is 1. The van der Waals surface area contributed by atoms with Gasteiger partial charge in [0.05, 0.1) is 4.70 Å². The molecular formula is C15H7FN4OS. The Morgan fingerprint density at radius 3 is 2.59 bits per heavy atom. The van der Waals surface area contributed by atoms with Crippen molar-refractivity contribution in [2.75, 3.05) is 5.73 Å². The fourth-order valence-corrected chi connectivity index (χ4v) is 3.14. The Morgan fingerprint density at radius 2 is 1.91 bits per heavy atom. The number of rotatable bonds is 1. The van der Waals surface area contributed by atoms with E-state index >= 15 is 0 Å². The predicted octanol–water partition coefficient (Wildman–Crippen LogP) is 2.72. The van der Waals surface area contributed by atoms with Crippen molar-refractivity contribution in [2.24, 2.45) is 0 Å². The first kappa shape index (κ1) is 13.8. The number of aromatic nitrogens is 1. The first-order valence-corrected chi connectivity index (χ1v) is 6.98. The maximum atomic E-state index is 14.7. The number of hydrogen-bond donors (Lipinski definition) is 2. The third kappa shape index (κ3) is 1.85. The first-order chi connectivity index (χ1) is 10.6. The third-order valence-corrected chi connectivity index (χ3v) is 4.22. The molecule has 0 aliphatic heterocycles. The lowest BCUT2D eigenvalue weighted by Gasteiger charge is -2.10. The van der Waals surface area contributed by atoms with Crippen molar-refractivity contribution < 1.29 is 4.39 Å². The molecule has 1 aromatic carbocycles. The lowest BCUT2D eigenvalue weighted by Crippen LogP contribution is -2.16. The number of nitrogen functional groups attached to an aromatic ring is 1. The van der Waals surface area contributed by atoms with Gasteiger partial charge in [0, 0.05) is 11.1 Å². The molecule has 0 spiro atoms. The topological polar surface area (TPSA) is 106 Å². The highest BCUT2D eigenvalue weighted by molar-refractivity contribution is 7.17. The second-order valence-electron chi connectivity index (χ2n) is 4.48. The van der Waals surface area contributed by atoms with Crippen molar-refractivity contribution in [1.29, 1.82) is 10.5 Å². The highest BCUT2D eigenvalue weighted by atomic mass is 32.1. The average Bonchev–Trinajstić information content (AvgIpc) is 2.96. The molecule has 0 atom stereocenters. The van der Waals surface area contributed by atoms with E-state index in [2.05, 4.69) is 4.98 Å². The van der Waals surface area contributed by atoms with Gasteiger partial charge in [0.25, 0.3) is 5.56 Å². The van der Waals surface area contributed by atoms with Gasteiger partial charge >= 0.3 is 0 Å². The Balaban J connectivity index is 2.50. The summed E-state index contributed by atoms with van der Waals surface area (Å²) in [4.78, 5) is 14.1. The first-order valence-electron chi connectivity index (χ1n) is 6.10. The molecular weight excluding hydrogens is 303 g/mol. The van der Waals surface area contributed by atoms with Gasteiger partial charge in [-0.15, -0.1) is 11.3 Å². The lowest BCUT2D eigenvalue weighted by molar-refractivity contribution is 0.645. The van der Waals surface area contributed by atoms with Crippen molar-refractivity contribution in [1.82, 2.24) is 4.98 Å². The Hall–Kier alpha value is -3.16. The maximum Gasteiger partial charge on any atom is 0.268 e. The SMILES string of the molecule is N#Cc1c(N)[nH]c(=O)c(C#N)c1-c1ccc2ccsc2c1F. The van der Waals surface area contributed by atoms with E-state index in [0.29, 0.717) is 10.1 Å². The number of nitrogens with zero attached hydrogens (tertiary/aromatic N) is 2. The van der Waals surface area contributed by atoms with E-state index in [9.17, 15) is 19.7 Å². The zero-order valence-corrected chi connectivity index (χ0v) is 11.8. The van der Waals surface area contributed by atoms with E-state index in [-0.39, 0.29) is 28.1 Å². The molecule has 3 N–H and O–H groups in total. The quantitative estimate of drug-likeness (QED) is 0.720. The number of hydrogen-bond acceptors (Lipinski definition) is 5. The maximum absolute atomic E-state index is 14.7. The van der Waals surface area contributed by atoms with Crippen LogP contribution >= 0.6 is 11.3 Å². The normalized spacial score (nSPS) is 10.3. The zero-order chi connectivity index (χ0) is 15.9. The van der Waals surface area contributed by atoms with E-state index in [1.807, 2.05) is 6.07 Å². The molecule has 0 unspecified atom stereocenters.